The van der Waals surface area contributed by atoms with Crippen molar-refractivity contribution in [2.24, 2.45) is 0 Å². The number of aliphatic hydroxyl groups is 2. The summed E-state index contributed by atoms with van der Waals surface area (Å²) in [4.78, 5) is 0. The molecular formula is C10H17IO2. The first-order valence-corrected chi connectivity index (χ1v) is 5.35. The fraction of sp³-hybridized carbons (Fsp3) is 0.600. The number of hydrogen-bond acceptors (Lipinski definition) is 2. The summed E-state index contributed by atoms with van der Waals surface area (Å²) in [7, 11) is 0. The van der Waals surface area contributed by atoms with Crippen LogP contribution in [0.2, 0.25) is 0 Å². The molecule has 2 nitrogen and oxygen atoms in total. The van der Waals surface area contributed by atoms with Gasteiger partial charge in [-0.05, 0) is 49.3 Å². The Bertz CT molecular complexity index is 197. The lowest BCUT2D eigenvalue weighted by molar-refractivity contribution is 0.0823. The maximum Gasteiger partial charge on any atom is 0.0841 e. The average Bonchev–Trinajstić information content (AvgIpc) is 2.00. The molecule has 0 spiro atoms. The van der Waals surface area contributed by atoms with Gasteiger partial charge in [-0.1, -0.05) is 18.7 Å². The van der Waals surface area contributed by atoms with Crippen molar-refractivity contribution in [2.75, 3.05) is 0 Å². The Morgan fingerprint density at radius 3 is 2.62 bits per heavy atom. The van der Waals surface area contributed by atoms with Crippen molar-refractivity contribution >= 4 is 22.6 Å². The predicted octanol–water partition coefficient (Wildman–Crippen LogP) is 2.40. The summed E-state index contributed by atoms with van der Waals surface area (Å²) >= 11 is 2.00. The molecule has 0 radical (unpaired) electrons. The molecule has 76 valence electrons. The van der Waals surface area contributed by atoms with Crippen molar-refractivity contribution in [3.05, 3.63) is 22.3 Å². The first-order valence-electron chi connectivity index (χ1n) is 4.27. The highest BCUT2D eigenvalue weighted by Gasteiger charge is 2.18. The first kappa shape index (κ1) is 13.1. The van der Waals surface area contributed by atoms with Crippen molar-refractivity contribution in [3.63, 3.8) is 0 Å². The number of aliphatic hydroxyl groups excluding tert-OH is 1. The Kier molecular flexibility index (Phi) is 5.83. The normalized spacial score (nSPS) is 18.5. The zero-order chi connectivity index (χ0) is 10.5. The van der Waals surface area contributed by atoms with Crippen molar-refractivity contribution < 1.29 is 10.2 Å². The molecule has 2 atom stereocenters. The average molecular weight is 296 g/mol. The van der Waals surface area contributed by atoms with Crippen LogP contribution >= 0.6 is 22.6 Å². The molecule has 0 bridgehead atoms. The summed E-state index contributed by atoms with van der Waals surface area (Å²) in [5.41, 5.74) is -0.818. The van der Waals surface area contributed by atoms with Crippen molar-refractivity contribution in [2.45, 2.75) is 38.4 Å². The molecule has 2 N–H and O–H groups in total. The third kappa shape index (κ3) is 6.23. The first-order chi connectivity index (χ1) is 5.89. The van der Waals surface area contributed by atoms with E-state index in [1.165, 1.54) is 0 Å². The lowest BCUT2D eigenvalue weighted by atomic mass is 9.97. The maximum absolute atomic E-state index is 9.72. The molecule has 0 aromatic rings. The van der Waals surface area contributed by atoms with Crippen LogP contribution in [0, 0.1) is 0 Å². The number of allylic oxidation sites excluding steroid dienone is 1. The second-order valence-corrected chi connectivity index (χ2v) is 4.74. The van der Waals surface area contributed by atoms with Gasteiger partial charge in [0.25, 0.3) is 0 Å². The maximum atomic E-state index is 9.72. The van der Waals surface area contributed by atoms with Gasteiger partial charge < -0.3 is 10.2 Å². The Labute approximate surface area is 93.5 Å². The minimum absolute atomic E-state index is 0.516. The van der Waals surface area contributed by atoms with E-state index >= 15 is 0 Å². The largest absolute Gasteiger partial charge is 0.388 e. The van der Waals surface area contributed by atoms with E-state index in [0.29, 0.717) is 16.4 Å². The highest BCUT2D eigenvalue weighted by molar-refractivity contribution is 14.1. The van der Waals surface area contributed by atoms with Gasteiger partial charge in [0, 0.05) is 3.58 Å². The van der Waals surface area contributed by atoms with Crippen LogP contribution in [0.25, 0.3) is 0 Å². The van der Waals surface area contributed by atoms with Gasteiger partial charge in [0.1, 0.15) is 0 Å². The van der Waals surface area contributed by atoms with Crippen molar-refractivity contribution in [3.8, 4) is 0 Å². The van der Waals surface area contributed by atoms with Gasteiger partial charge in [0.15, 0.2) is 0 Å². The van der Waals surface area contributed by atoms with Gasteiger partial charge in [-0.15, -0.1) is 0 Å². The van der Waals surface area contributed by atoms with E-state index < -0.39 is 11.7 Å². The van der Waals surface area contributed by atoms with Crippen LogP contribution in [-0.2, 0) is 0 Å². The van der Waals surface area contributed by atoms with E-state index in [1.54, 1.807) is 13.0 Å². The standard InChI is InChI=1S/C10H17IO2/c1-4-6-10(3,13)7-5-9(12)8(2)11/h4,6,9,12-13H,2,5,7H2,1,3H3/b6-4-/t9?,10-/m1/s1. The highest BCUT2D eigenvalue weighted by Crippen LogP contribution is 2.20. The van der Waals surface area contributed by atoms with E-state index in [2.05, 4.69) is 6.58 Å². The lowest BCUT2D eigenvalue weighted by Crippen LogP contribution is -2.23. The van der Waals surface area contributed by atoms with Crippen LogP contribution in [0.3, 0.4) is 0 Å². The number of halogens is 1. The molecule has 0 saturated carbocycles. The third-order valence-electron chi connectivity index (χ3n) is 1.81. The highest BCUT2D eigenvalue weighted by atomic mass is 127. The van der Waals surface area contributed by atoms with E-state index in [9.17, 15) is 10.2 Å². The van der Waals surface area contributed by atoms with Gasteiger partial charge in [-0.3, -0.25) is 0 Å². The van der Waals surface area contributed by atoms with Crippen molar-refractivity contribution in [1.82, 2.24) is 0 Å². The molecule has 3 heteroatoms. The van der Waals surface area contributed by atoms with E-state index in [-0.39, 0.29) is 0 Å². The summed E-state index contributed by atoms with van der Waals surface area (Å²) in [6.07, 6.45) is 4.11. The fourth-order valence-corrected chi connectivity index (χ4v) is 1.34. The molecule has 0 fully saturated rings. The van der Waals surface area contributed by atoms with Gasteiger partial charge in [0.05, 0.1) is 11.7 Å². The molecule has 13 heavy (non-hydrogen) atoms. The quantitative estimate of drug-likeness (QED) is 0.604. The summed E-state index contributed by atoms with van der Waals surface area (Å²) in [5, 5.41) is 19.1. The molecule has 0 aromatic heterocycles. The zero-order valence-electron chi connectivity index (χ0n) is 8.13. The molecule has 0 amide bonds. The topological polar surface area (TPSA) is 40.5 Å². The molecule has 0 heterocycles. The minimum Gasteiger partial charge on any atom is -0.388 e. The third-order valence-corrected chi connectivity index (χ3v) is 2.53. The molecule has 0 aliphatic carbocycles. The minimum atomic E-state index is -0.818. The zero-order valence-corrected chi connectivity index (χ0v) is 10.3. The van der Waals surface area contributed by atoms with Gasteiger partial charge in [0.2, 0.25) is 0 Å². The summed E-state index contributed by atoms with van der Waals surface area (Å²) < 4.78 is 0.717. The Morgan fingerprint density at radius 1 is 1.69 bits per heavy atom. The summed E-state index contributed by atoms with van der Waals surface area (Å²) in [6, 6.07) is 0. The van der Waals surface area contributed by atoms with Gasteiger partial charge >= 0.3 is 0 Å². The molecule has 0 aliphatic heterocycles. The number of rotatable bonds is 5. The van der Waals surface area contributed by atoms with Crippen LogP contribution in [0.15, 0.2) is 22.3 Å². The van der Waals surface area contributed by atoms with E-state index in [1.807, 2.05) is 35.6 Å². The Balaban J connectivity index is 3.94. The summed E-state index contributed by atoms with van der Waals surface area (Å²) in [5.74, 6) is 0. The number of hydrogen-bond donors (Lipinski definition) is 2. The van der Waals surface area contributed by atoms with Crippen LogP contribution < -0.4 is 0 Å². The molecule has 0 aromatic carbocycles. The second-order valence-electron chi connectivity index (χ2n) is 3.36. The van der Waals surface area contributed by atoms with E-state index in [0.717, 1.165) is 0 Å². The summed E-state index contributed by atoms with van der Waals surface area (Å²) in [6.45, 7) is 7.23. The Hall–Kier alpha value is 0.130. The van der Waals surface area contributed by atoms with Crippen LogP contribution in [0.4, 0.5) is 0 Å². The molecular weight excluding hydrogens is 279 g/mol. The molecule has 0 rings (SSSR count). The predicted molar refractivity (Wildman–Crippen MR) is 63.8 cm³/mol. The van der Waals surface area contributed by atoms with Crippen LogP contribution in [0.5, 0.6) is 0 Å². The van der Waals surface area contributed by atoms with Crippen molar-refractivity contribution in [1.29, 1.82) is 0 Å². The van der Waals surface area contributed by atoms with Gasteiger partial charge in [-0.25, -0.2) is 0 Å². The van der Waals surface area contributed by atoms with Gasteiger partial charge in [-0.2, -0.15) is 0 Å². The molecule has 0 saturated heterocycles. The monoisotopic (exact) mass is 296 g/mol. The van der Waals surface area contributed by atoms with E-state index in [4.69, 9.17) is 0 Å². The van der Waals surface area contributed by atoms with Crippen LogP contribution in [0.1, 0.15) is 26.7 Å². The SMILES string of the molecule is C=C(I)C(O)CC[C@](C)(O)/C=C\C. The molecule has 1 unspecified atom stereocenters. The van der Waals surface area contributed by atoms with Crippen LogP contribution in [-0.4, -0.2) is 21.9 Å². The smallest absolute Gasteiger partial charge is 0.0841 e. The molecule has 0 aliphatic rings. The second kappa shape index (κ2) is 5.78. The Morgan fingerprint density at radius 2 is 2.23 bits per heavy atom. The lowest BCUT2D eigenvalue weighted by Gasteiger charge is -2.20. The fourth-order valence-electron chi connectivity index (χ4n) is 1.03.